The molecular weight excluding hydrogens is 395 g/mol. The van der Waals surface area contributed by atoms with E-state index in [0.717, 1.165) is 25.0 Å². The lowest BCUT2D eigenvalue weighted by atomic mass is 9.92. The van der Waals surface area contributed by atoms with E-state index in [1.807, 2.05) is 13.0 Å². The van der Waals surface area contributed by atoms with Crippen LogP contribution in [0.5, 0.6) is 17.2 Å². The highest BCUT2D eigenvalue weighted by molar-refractivity contribution is 5.94. The molecule has 158 valence electrons. The summed E-state index contributed by atoms with van der Waals surface area (Å²) in [6, 6.07) is 9.84. The van der Waals surface area contributed by atoms with E-state index in [2.05, 4.69) is 11.4 Å². The maximum atomic E-state index is 13.2. The van der Waals surface area contributed by atoms with Gasteiger partial charge in [-0.1, -0.05) is 12.2 Å². The average molecular weight is 417 g/mol. The minimum Gasteiger partial charge on any atom is -0.494 e. The first-order valence-electron chi connectivity index (χ1n) is 9.94. The van der Waals surface area contributed by atoms with Crippen molar-refractivity contribution in [3.8, 4) is 17.2 Å². The second kappa shape index (κ2) is 8.05. The molecule has 3 atom stereocenters. The van der Waals surface area contributed by atoms with Gasteiger partial charge < -0.3 is 14.8 Å². The van der Waals surface area contributed by atoms with Gasteiger partial charge in [-0.2, -0.15) is 13.2 Å². The number of carbonyl (C=O) groups is 1. The standard InChI is InChI=1S/C23H22F3NO3/c1-2-29-17-6-8-18(9-7-17)30-21-10-5-16(23(24,25)26)13-20(21)27-22(28)19-12-14-3-4-15(19)11-14/h3-10,13-15,19H,2,11-12H2,1H3,(H,27,28)/t14-,15-,19-/m0/s1. The van der Waals surface area contributed by atoms with E-state index < -0.39 is 11.7 Å². The summed E-state index contributed by atoms with van der Waals surface area (Å²) in [6.07, 6.45) is 1.27. The van der Waals surface area contributed by atoms with Crippen molar-refractivity contribution in [3.05, 3.63) is 60.2 Å². The number of hydrogen-bond acceptors (Lipinski definition) is 3. The van der Waals surface area contributed by atoms with Crippen LogP contribution in [0.3, 0.4) is 0 Å². The first kappa shape index (κ1) is 20.3. The molecule has 1 saturated carbocycles. The molecule has 30 heavy (non-hydrogen) atoms. The third kappa shape index (κ3) is 4.30. The lowest BCUT2D eigenvalue weighted by molar-refractivity contribution is -0.137. The fourth-order valence-electron chi connectivity index (χ4n) is 4.10. The molecule has 2 aliphatic rings. The molecule has 0 aromatic heterocycles. The minimum absolute atomic E-state index is 0.00969. The van der Waals surface area contributed by atoms with Gasteiger partial charge in [-0.25, -0.2) is 0 Å². The zero-order valence-electron chi connectivity index (χ0n) is 16.4. The third-order valence-corrected chi connectivity index (χ3v) is 5.54. The summed E-state index contributed by atoms with van der Waals surface area (Å²) in [5.41, 5.74) is -0.833. The number of alkyl halides is 3. The second-order valence-corrected chi connectivity index (χ2v) is 7.59. The molecule has 1 amide bonds. The van der Waals surface area contributed by atoms with E-state index in [9.17, 15) is 18.0 Å². The van der Waals surface area contributed by atoms with E-state index in [0.29, 0.717) is 24.0 Å². The number of anilines is 1. The molecule has 0 heterocycles. The Hall–Kier alpha value is -2.96. The van der Waals surface area contributed by atoms with Crippen molar-refractivity contribution in [2.75, 3.05) is 11.9 Å². The highest BCUT2D eigenvalue weighted by Crippen LogP contribution is 2.44. The summed E-state index contributed by atoms with van der Waals surface area (Å²) in [5, 5.41) is 2.68. The summed E-state index contributed by atoms with van der Waals surface area (Å²) in [5.74, 6) is 1.27. The maximum absolute atomic E-state index is 13.2. The van der Waals surface area contributed by atoms with E-state index in [1.54, 1.807) is 24.3 Å². The van der Waals surface area contributed by atoms with Crippen LogP contribution in [0, 0.1) is 17.8 Å². The molecule has 0 radical (unpaired) electrons. The molecule has 2 bridgehead atoms. The first-order chi connectivity index (χ1) is 14.3. The lowest BCUT2D eigenvalue weighted by Gasteiger charge is -2.20. The fourth-order valence-corrected chi connectivity index (χ4v) is 4.10. The monoisotopic (exact) mass is 417 g/mol. The number of hydrogen-bond donors (Lipinski definition) is 1. The number of amides is 1. The van der Waals surface area contributed by atoms with Crippen LogP contribution >= 0.6 is 0 Å². The summed E-state index contributed by atoms with van der Waals surface area (Å²) >= 11 is 0. The number of ether oxygens (including phenoxy) is 2. The Morgan fingerprint density at radius 3 is 2.40 bits per heavy atom. The van der Waals surface area contributed by atoms with Gasteiger partial charge in [0.1, 0.15) is 11.5 Å². The van der Waals surface area contributed by atoms with Crippen molar-refractivity contribution < 1.29 is 27.4 Å². The number of benzene rings is 2. The van der Waals surface area contributed by atoms with Crippen LogP contribution in [-0.4, -0.2) is 12.5 Å². The number of allylic oxidation sites excluding steroid dienone is 2. The lowest BCUT2D eigenvalue weighted by Crippen LogP contribution is -2.26. The largest absolute Gasteiger partial charge is 0.494 e. The summed E-state index contributed by atoms with van der Waals surface area (Å²) in [6.45, 7) is 2.39. The summed E-state index contributed by atoms with van der Waals surface area (Å²) in [7, 11) is 0. The Morgan fingerprint density at radius 2 is 1.80 bits per heavy atom. The van der Waals surface area contributed by atoms with Gasteiger partial charge in [-0.05, 0) is 74.1 Å². The van der Waals surface area contributed by atoms with Crippen LogP contribution in [-0.2, 0) is 11.0 Å². The zero-order valence-corrected chi connectivity index (χ0v) is 16.4. The van der Waals surface area contributed by atoms with E-state index >= 15 is 0 Å². The predicted octanol–water partition coefficient (Wildman–Crippen LogP) is 6.05. The summed E-state index contributed by atoms with van der Waals surface area (Å²) in [4.78, 5) is 12.8. The fraction of sp³-hybridized carbons (Fsp3) is 0.348. The van der Waals surface area contributed by atoms with Gasteiger partial charge in [-0.3, -0.25) is 4.79 Å². The predicted molar refractivity (Wildman–Crippen MR) is 107 cm³/mol. The highest BCUT2D eigenvalue weighted by atomic mass is 19.4. The zero-order chi connectivity index (χ0) is 21.3. The smallest absolute Gasteiger partial charge is 0.416 e. The molecule has 2 aliphatic carbocycles. The average Bonchev–Trinajstić information content (AvgIpc) is 3.34. The SMILES string of the molecule is CCOc1ccc(Oc2ccc(C(F)(F)F)cc2NC(=O)[C@H]2C[C@H]3C=C[C@H]2C3)cc1. The number of rotatable bonds is 6. The van der Waals surface area contributed by atoms with Gasteiger partial charge in [0.25, 0.3) is 0 Å². The van der Waals surface area contributed by atoms with Crippen molar-refractivity contribution in [2.45, 2.75) is 25.9 Å². The molecule has 4 rings (SSSR count). The molecule has 0 saturated heterocycles. The van der Waals surface area contributed by atoms with E-state index in [-0.39, 0.29) is 29.2 Å². The molecule has 7 heteroatoms. The minimum atomic E-state index is -4.52. The third-order valence-electron chi connectivity index (χ3n) is 5.54. The molecule has 1 fully saturated rings. The normalized spacial score (nSPS) is 22.2. The number of halogens is 3. The van der Waals surface area contributed by atoms with Crippen LogP contribution in [0.25, 0.3) is 0 Å². The maximum Gasteiger partial charge on any atom is 0.416 e. The molecular formula is C23H22F3NO3. The Kier molecular flexibility index (Phi) is 5.45. The van der Waals surface area contributed by atoms with Gasteiger partial charge in [0.2, 0.25) is 5.91 Å². The molecule has 4 nitrogen and oxygen atoms in total. The number of fused-ring (bicyclic) bond motifs is 2. The Morgan fingerprint density at radius 1 is 1.07 bits per heavy atom. The topological polar surface area (TPSA) is 47.6 Å². The Bertz CT molecular complexity index is 953. The van der Waals surface area contributed by atoms with Gasteiger partial charge in [0, 0.05) is 5.92 Å². The van der Waals surface area contributed by atoms with Gasteiger partial charge in [-0.15, -0.1) is 0 Å². The van der Waals surface area contributed by atoms with Crippen LogP contribution in [0.1, 0.15) is 25.3 Å². The molecule has 2 aromatic rings. The molecule has 1 N–H and O–H groups in total. The summed E-state index contributed by atoms with van der Waals surface area (Å²) < 4.78 is 50.8. The quantitative estimate of drug-likeness (QED) is 0.583. The van der Waals surface area contributed by atoms with Crippen molar-refractivity contribution in [2.24, 2.45) is 17.8 Å². The number of carbonyl (C=O) groups excluding carboxylic acids is 1. The molecule has 0 aliphatic heterocycles. The van der Waals surface area contributed by atoms with Gasteiger partial charge in [0.05, 0.1) is 17.9 Å². The van der Waals surface area contributed by atoms with Gasteiger partial charge >= 0.3 is 6.18 Å². The van der Waals surface area contributed by atoms with Crippen LogP contribution < -0.4 is 14.8 Å². The molecule has 2 aromatic carbocycles. The number of nitrogens with one attached hydrogen (secondary N) is 1. The Balaban J connectivity index is 1.57. The Labute approximate surface area is 172 Å². The second-order valence-electron chi connectivity index (χ2n) is 7.59. The van der Waals surface area contributed by atoms with Crippen molar-refractivity contribution in [1.82, 2.24) is 0 Å². The molecule has 0 spiro atoms. The van der Waals surface area contributed by atoms with Crippen molar-refractivity contribution in [3.63, 3.8) is 0 Å². The highest BCUT2D eigenvalue weighted by Gasteiger charge is 2.40. The van der Waals surface area contributed by atoms with E-state index in [4.69, 9.17) is 9.47 Å². The van der Waals surface area contributed by atoms with Gasteiger partial charge in [0.15, 0.2) is 5.75 Å². The molecule has 0 unspecified atom stereocenters. The van der Waals surface area contributed by atoms with Crippen LogP contribution in [0.15, 0.2) is 54.6 Å². The van der Waals surface area contributed by atoms with Crippen molar-refractivity contribution >= 4 is 11.6 Å². The van der Waals surface area contributed by atoms with Crippen LogP contribution in [0.2, 0.25) is 0 Å². The first-order valence-corrected chi connectivity index (χ1v) is 9.94. The van der Waals surface area contributed by atoms with Crippen LogP contribution in [0.4, 0.5) is 18.9 Å². The van der Waals surface area contributed by atoms with E-state index in [1.165, 1.54) is 6.07 Å². The van der Waals surface area contributed by atoms with Crippen molar-refractivity contribution in [1.29, 1.82) is 0 Å².